The predicted molar refractivity (Wildman–Crippen MR) is 79.3 cm³/mol. The Hall–Kier alpha value is -1.26. The van der Waals surface area contributed by atoms with Crippen LogP contribution in [0.15, 0.2) is 24.3 Å². The molecule has 1 aromatic rings. The molecule has 0 heterocycles. The maximum Gasteiger partial charge on any atom is 0.123 e. The van der Waals surface area contributed by atoms with Gasteiger partial charge in [0.2, 0.25) is 0 Å². The van der Waals surface area contributed by atoms with Crippen LogP contribution in [0.1, 0.15) is 26.2 Å². The van der Waals surface area contributed by atoms with Gasteiger partial charge < -0.3 is 19.9 Å². The molecule has 0 bridgehead atoms. The molecule has 0 amide bonds. The van der Waals surface area contributed by atoms with Gasteiger partial charge in [-0.1, -0.05) is 18.9 Å². The Bertz CT molecular complexity index is 406. The summed E-state index contributed by atoms with van der Waals surface area (Å²) in [5.74, 6) is 2.38. The van der Waals surface area contributed by atoms with Crippen molar-refractivity contribution in [1.82, 2.24) is 5.32 Å². The Kier molecular flexibility index (Phi) is 5.68. The zero-order chi connectivity index (χ0) is 14.4. The lowest BCUT2D eigenvalue weighted by Crippen LogP contribution is -2.36. The van der Waals surface area contributed by atoms with Crippen LogP contribution in [0.5, 0.6) is 11.5 Å². The molecule has 0 unspecified atom stereocenters. The summed E-state index contributed by atoms with van der Waals surface area (Å²) in [4.78, 5) is 0. The predicted octanol–water partition coefficient (Wildman–Crippen LogP) is 2.21. The van der Waals surface area contributed by atoms with E-state index in [9.17, 15) is 5.11 Å². The summed E-state index contributed by atoms with van der Waals surface area (Å²) < 4.78 is 10.7. The van der Waals surface area contributed by atoms with E-state index in [1.54, 1.807) is 7.11 Å². The zero-order valence-corrected chi connectivity index (χ0v) is 12.3. The van der Waals surface area contributed by atoms with Crippen LogP contribution in [0, 0.1) is 5.92 Å². The van der Waals surface area contributed by atoms with Crippen LogP contribution in [-0.4, -0.2) is 37.5 Å². The Morgan fingerprint density at radius 1 is 1.35 bits per heavy atom. The van der Waals surface area contributed by atoms with E-state index in [0.29, 0.717) is 12.6 Å². The lowest BCUT2D eigenvalue weighted by molar-refractivity contribution is 0.103. The second kappa shape index (κ2) is 7.50. The number of aliphatic hydroxyl groups is 1. The number of hydrogen-bond acceptors (Lipinski definition) is 4. The molecule has 2 rings (SSSR count). The highest BCUT2D eigenvalue weighted by Gasteiger charge is 2.23. The van der Waals surface area contributed by atoms with Gasteiger partial charge in [0.05, 0.1) is 7.11 Å². The number of hydrogen-bond donors (Lipinski definition) is 2. The quantitative estimate of drug-likeness (QED) is 0.727. The summed E-state index contributed by atoms with van der Waals surface area (Å²) in [6.07, 6.45) is 3.45. The summed E-state index contributed by atoms with van der Waals surface area (Å²) in [6.45, 7) is 3.03. The lowest BCUT2D eigenvalue weighted by Gasteiger charge is -2.17. The summed E-state index contributed by atoms with van der Waals surface area (Å²) >= 11 is 0. The number of nitrogens with one attached hydrogen (secondary N) is 1. The maximum absolute atomic E-state index is 9.92. The van der Waals surface area contributed by atoms with E-state index >= 15 is 0 Å². The third-order valence-corrected chi connectivity index (χ3v) is 3.57. The van der Waals surface area contributed by atoms with E-state index in [0.717, 1.165) is 17.4 Å². The van der Waals surface area contributed by atoms with Gasteiger partial charge in [0.15, 0.2) is 0 Å². The van der Waals surface area contributed by atoms with Crippen molar-refractivity contribution in [3.63, 3.8) is 0 Å². The van der Waals surface area contributed by atoms with Gasteiger partial charge in [-0.2, -0.15) is 0 Å². The molecule has 0 spiro atoms. The lowest BCUT2D eigenvalue weighted by atomic mass is 10.1. The molecule has 1 saturated carbocycles. The van der Waals surface area contributed by atoms with Crippen LogP contribution in [0.3, 0.4) is 0 Å². The standard InChI is InChI=1S/C16H25NO3/c1-12(8-13-6-7-13)17-10-14(18)11-20-16-5-3-4-15(9-16)19-2/h3-5,9,12-14,17-18H,6-8,10-11H2,1-2H3/t12-,14+/m1/s1. The van der Waals surface area contributed by atoms with Crippen LogP contribution < -0.4 is 14.8 Å². The molecule has 0 radical (unpaired) electrons. The molecule has 1 aliphatic rings. The fraction of sp³-hybridized carbons (Fsp3) is 0.625. The molecule has 1 fully saturated rings. The minimum absolute atomic E-state index is 0.288. The van der Waals surface area contributed by atoms with Gasteiger partial charge in [-0.25, -0.2) is 0 Å². The summed E-state index contributed by atoms with van der Waals surface area (Å²) in [5, 5.41) is 13.3. The molecule has 20 heavy (non-hydrogen) atoms. The molecule has 1 aliphatic carbocycles. The van der Waals surface area contributed by atoms with Crippen molar-refractivity contribution in [1.29, 1.82) is 0 Å². The van der Waals surface area contributed by atoms with Crippen LogP contribution in [-0.2, 0) is 0 Å². The highest BCUT2D eigenvalue weighted by molar-refractivity contribution is 5.32. The first-order valence-corrected chi connectivity index (χ1v) is 7.35. The van der Waals surface area contributed by atoms with Crippen LogP contribution in [0.4, 0.5) is 0 Å². The molecule has 1 aromatic carbocycles. The zero-order valence-electron chi connectivity index (χ0n) is 12.3. The number of benzene rings is 1. The number of ether oxygens (including phenoxy) is 2. The largest absolute Gasteiger partial charge is 0.497 e. The third-order valence-electron chi connectivity index (χ3n) is 3.57. The molecular formula is C16H25NO3. The highest BCUT2D eigenvalue weighted by atomic mass is 16.5. The SMILES string of the molecule is COc1cccc(OC[C@@H](O)CN[C@H](C)CC2CC2)c1. The Labute approximate surface area is 121 Å². The molecule has 0 saturated heterocycles. The fourth-order valence-corrected chi connectivity index (χ4v) is 2.22. The fourth-order valence-electron chi connectivity index (χ4n) is 2.22. The number of aliphatic hydroxyl groups excluding tert-OH is 1. The van der Waals surface area contributed by atoms with Gasteiger partial charge in [-0.05, 0) is 31.4 Å². The first-order valence-electron chi connectivity index (χ1n) is 7.35. The van der Waals surface area contributed by atoms with Crippen molar-refractivity contribution in [2.45, 2.75) is 38.3 Å². The monoisotopic (exact) mass is 279 g/mol. The topological polar surface area (TPSA) is 50.7 Å². The van der Waals surface area contributed by atoms with Crippen LogP contribution >= 0.6 is 0 Å². The van der Waals surface area contributed by atoms with E-state index < -0.39 is 6.10 Å². The molecular weight excluding hydrogens is 254 g/mol. The summed E-state index contributed by atoms with van der Waals surface area (Å²) in [7, 11) is 1.62. The first kappa shape index (κ1) is 15.1. The van der Waals surface area contributed by atoms with Crippen molar-refractivity contribution < 1.29 is 14.6 Å². The number of rotatable bonds is 9. The first-order chi connectivity index (χ1) is 9.67. The molecule has 4 nitrogen and oxygen atoms in total. The Balaban J connectivity index is 1.64. The molecule has 0 aromatic heterocycles. The Morgan fingerprint density at radius 2 is 2.10 bits per heavy atom. The average molecular weight is 279 g/mol. The molecule has 2 atom stereocenters. The summed E-state index contributed by atoms with van der Waals surface area (Å²) in [5.41, 5.74) is 0. The van der Waals surface area contributed by atoms with E-state index in [4.69, 9.17) is 9.47 Å². The average Bonchev–Trinajstić information content (AvgIpc) is 3.27. The normalized spacial score (nSPS) is 17.6. The molecule has 0 aliphatic heterocycles. The van der Waals surface area contributed by atoms with Crippen molar-refractivity contribution in [3.8, 4) is 11.5 Å². The van der Waals surface area contributed by atoms with Crippen molar-refractivity contribution >= 4 is 0 Å². The van der Waals surface area contributed by atoms with Gasteiger partial charge in [0, 0.05) is 18.7 Å². The Morgan fingerprint density at radius 3 is 2.80 bits per heavy atom. The molecule has 2 N–H and O–H groups in total. The van der Waals surface area contributed by atoms with E-state index in [1.165, 1.54) is 19.3 Å². The molecule has 112 valence electrons. The molecule has 4 heteroatoms. The van der Waals surface area contributed by atoms with Gasteiger partial charge >= 0.3 is 0 Å². The summed E-state index contributed by atoms with van der Waals surface area (Å²) in [6, 6.07) is 7.88. The van der Waals surface area contributed by atoms with Crippen LogP contribution in [0.2, 0.25) is 0 Å². The highest BCUT2D eigenvalue weighted by Crippen LogP contribution is 2.33. The van der Waals surface area contributed by atoms with Crippen molar-refractivity contribution in [3.05, 3.63) is 24.3 Å². The van der Waals surface area contributed by atoms with E-state index in [1.807, 2.05) is 24.3 Å². The minimum Gasteiger partial charge on any atom is -0.497 e. The van der Waals surface area contributed by atoms with Crippen molar-refractivity contribution in [2.75, 3.05) is 20.3 Å². The smallest absolute Gasteiger partial charge is 0.123 e. The number of methoxy groups -OCH3 is 1. The van der Waals surface area contributed by atoms with Crippen molar-refractivity contribution in [2.24, 2.45) is 5.92 Å². The third kappa shape index (κ3) is 5.39. The van der Waals surface area contributed by atoms with Gasteiger partial charge in [-0.15, -0.1) is 0 Å². The van der Waals surface area contributed by atoms with Gasteiger partial charge in [0.1, 0.15) is 24.2 Å². The van der Waals surface area contributed by atoms with E-state index in [2.05, 4.69) is 12.2 Å². The van der Waals surface area contributed by atoms with E-state index in [-0.39, 0.29) is 6.61 Å². The van der Waals surface area contributed by atoms with Crippen LogP contribution in [0.25, 0.3) is 0 Å². The second-order valence-electron chi connectivity index (χ2n) is 5.63. The van der Waals surface area contributed by atoms with Gasteiger partial charge in [0.25, 0.3) is 0 Å². The second-order valence-corrected chi connectivity index (χ2v) is 5.63. The maximum atomic E-state index is 9.92. The minimum atomic E-state index is -0.497. The van der Waals surface area contributed by atoms with Gasteiger partial charge in [-0.3, -0.25) is 0 Å².